The molecule has 2 aromatic heterocycles. The highest BCUT2D eigenvalue weighted by Gasteiger charge is 2.01. The first-order chi connectivity index (χ1) is 9.92. The minimum Gasteiger partial charge on any atom is -0.343 e. The van der Waals surface area contributed by atoms with Crippen LogP contribution in [0.3, 0.4) is 0 Å². The number of nitrogens with one attached hydrogen (secondary N) is 1. The number of nitrogens with zero attached hydrogens (tertiary/aromatic N) is 4. The summed E-state index contributed by atoms with van der Waals surface area (Å²) < 4.78 is 6.55. The molecule has 0 bridgehead atoms. The van der Waals surface area contributed by atoms with Gasteiger partial charge in [0.1, 0.15) is 0 Å². The normalized spacial score (nSPS) is 10.8. The van der Waals surface area contributed by atoms with E-state index in [1.54, 1.807) is 0 Å². The van der Waals surface area contributed by atoms with Crippen molar-refractivity contribution >= 4 is 0 Å². The molecule has 1 N–H and O–H groups in total. The van der Waals surface area contributed by atoms with Crippen LogP contribution in [0.1, 0.15) is 11.5 Å². The summed E-state index contributed by atoms with van der Waals surface area (Å²) in [7, 11) is 0. The zero-order chi connectivity index (χ0) is 13.6. The first-order valence-electron chi connectivity index (χ1n) is 6.48. The molecule has 0 aliphatic heterocycles. The summed E-state index contributed by atoms with van der Waals surface area (Å²) in [6.07, 6.45) is 4.05. The second-order valence-electron chi connectivity index (χ2n) is 4.36. The Morgan fingerprint density at radius 3 is 2.85 bits per heavy atom. The highest BCUT2D eigenvalue weighted by molar-refractivity contribution is 5.30. The van der Waals surface area contributed by atoms with E-state index < -0.39 is 0 Å². The van der Waals surface area contributed by atoms with Gasteiger partial charge in [-0.3, -0.25) is 0 Å². The molecule has 0 amide bonds. The van der Waals surface area contributed by atoms with Gasteiger partial charge in [0.25, 0.3) is 0 Å². The summed E-state index contributed by atoms with van der Waals surface area (Å²) in [4.78, 5) is 3.97. The Kier molecular flexibility index (Phi) is 3.84. The fourth-order valence-corrected chi connectivity index (χ4v) is 1.90. The van der Waals surface area contributed by atoms with Crippen LogP contribution < -0.4 is 5.32 Å². The Hall–Kier alpha value is -2.47. The van der Waals surface area contributed by atoms with Gasteiger partial charge < -0.3 is 9.84 Å². The molecule has 0 fully saturated rings. The van der Waals surface area contributed by atoms with Gasteiger partial charge in [0.05, 0.1) is 11.4 Å². The average Bonchev–Trinajstić information content (AvgIpc) is 3.16. The second kappa shape index (κ2) is 6.12. The summed E-state index contributed by atoms with van der Waals surface area (Å²) in [5.74, 6) is 0.715. The van der Waals surface area contributed by atoms with Gasteiger partial charge in [-0.1, -0.05) is 23.4 Å². The Bertz CT molecular complexity index is 633. The molecular formula is C14H15N5O. The average molecular weight is 269 g/mol. The second-order valence-corrected chi connectivity index (χ2v) is 4.36. The topological polar surface area (TPSA) is 68.8 Å². The van der Waals surface area contributed by atoms with E-state index in [-0.39, 0.29) is 0 Å². The maximum absolute atomic E-state index is 4.68. The van der Waals surface area contributed by atoms with Crippen LogP contribution in [0, 0.1) is 0 Å². The number of benzene rings is 1. The van der Waals surface area contributed by atoms with Crippen molar-refractivity contribution < 1.29 is 4.52 Å². The number of hydrogen-bond donors (Lipinski definition) is 1. The third-order valence-electron chi connectivity index (χ3n) is 2.90. The highest BCUT2D eigenvalue weighted by atomic mass is 16.5. The largest absolute Gasteiger partial charge is 0.343 e. The maximum Gasteiger partial charge on any atom is 0.213 e. The number of rotatable bonds is 6. The van der Waals surface area contributed by atoms with Crippen molar-refractivity contribution in [1.82, 2.24) is 25.2 Å². The summed E-state index contributed by atoms with van der Waals surface area (Å²) in [5, 5.41) is 11.6. The SMILES string of the molecule is c1ccc(-n2ccc(CNCCc3ncon3)n2)cc1. The molecule has 1 aromatic carbocycles. The van der Waals surface area contributed by atoms with Crippen LogP contribution in [0.5, 0.6) is 0 Å². The fraction of sp³-hybridized carbons (Fsp3) is 0.214. The lowest BCUT2D eigenvalue weighted by Crippen LogP contribution is -2.17. The Labute approximate surface area is 116 Å². The van der Waals surface area contributed by atoms with Crippen LogP contribution in [-0.4, -0.2) is 26.5 Å². The lowest BCUT2D eigenvalue weighted by molar-refractivity contribution is 0.409. The molecule has 0 aliphatic rings. The summed E-state index contributed by atoms with van der Waals surface area (Å²) in [5.41, 5.74) is 2.06. The first kappa shape index (κ1) is 12.6. The molecule has 102 valence electrons. The van der Waals surface area contributed by atoms with Gasteiger partial charge in [0.15, 0.2) is 5.82 Å². The van der Waals surface area contributed by atoms with E-state index in [1.165, 1.54) is 6.39 Å². The van der Waals surface area contributed by atoms with E-state index in [4.69, 9.17) is 0 Å². The summed E-state index contributed by atoms with van der Waals surface area (Å²) in [6.45, 7) is 1.51. The molecule has 3 aromatic rings. The van der Waals surface area contributed by atoms with Gasteiger partial charge in [-0.2, -0.15) is 10.1 Å². The monoisotopic (exact) mass is 269 g/mol. The Balaban J connectivity index is 1.50. The minimum atomic E-state index is 0.715. The third-order valence-corrected chi connectivity index (χ3v) is 2.90. The van der Waals surface area contributed by atoms with E-state index in [0.717, 1.165) is 30.9 Å². The summed E-state index contributed by atoms with van der Waals surface area (Å²) in [6, 6.07) is 12.1. The molecule has 3 rings (SSSR count). The van der Waals surface area contributed by atoms with E-state index in [1.807, 2.05) is 47.3 Å². The van der Waals surface area contributed by atoms with Crippen molar-refractivity contribution in [2.45, 2.75) is 13.0 Å². The molecule has 6 nitrogen and oxygen atoms in total. The Morgan fingerprint density at radius 1 is 1.15 bits per heavy atom. The lowest BCUT2D eigenvalue weighted by atomic mass is 10.3. The Morgan fingerprint density at radius 2 is 2.05 bits per heavy atom. The standard InChI is InChI=1S/C14H15N5O/c1-2-4-13(5-3-1)19-9-7-12(17-19)10-15-8-6-14-16-11-20-18-14/h1-5,7,9,11,15H,6,8,10H2. The van der Waals surface area contributed by atoms with Crippen molar-refractivity contribution in [3.05, 3.63) is 60.5 Å². The van der Waals surface area contributed by atoms with Gasteiger partial charge in [0.2, 0.25) is 6.39 Å². The van der Waals surface area contributed by atoms with Crippen LogP contribution in [0.25, 0.3) is 5.69 Å². The van der Waals surface area contributed by atoms with Crippen molar-refractivity contribution in [3.8, 4) is 5.69 Å². The van der Waals surface area contributed by atoms with Crippen molar-refractivity contribution in [2.24, 2.45) is 0 Å². The van der Waals surface area contributed by atoms with Gasteiger partial charge in [-0.15, -0.1) is 0 Å². The van der Waals surface area contributed by atoms with E-state index in [9.17, 15) is 0 Å². The smallest absolute Gasteiger partial charge is 0.213 e. The van der Waals surface area contributed by atoms with Crippen LogP contribution in [0.2, 0.25) is 0 Å². The minimum absolute atomic E-state index is 0.715. The molecule has 0 radical (unpaired) electrons. The van der Waals surface area contributed by atoms with Crippen LogP contribution in [0.4, 0.5) is 0 Å². The first-order valence-corrected chi connectivity index (χ1v) is 6.48. The predicted molar refractivity (Wildman–Crippen MR) is 73.3 cm³/mol. The van der Waals surface area contributed by atoms with Gasteiger partial charge in [0, 0.05) is 25.7 Å². The molecule has 0 aliphatic carbocycles. The van der Waals surface area contributed by atoms with Gasteiger partial charge in [-0.05, 0) is 18.2 Å². The highest BCUT2D eigenvalue weighted by Crippen LogP contribution is 2.06. The fourth-order valence-electron chi connectivity index (χ4n) is 1.90. The van der Waals surface area contributed by atoms with E-state index in [0.29, 0.717) is 5.82 Å². The quantitative estimate of drug-likeness (QED) is 0.688. The van der Waals surface area contributed by atoms with Gasteiger partial charge in [-0.25, -0.2) is 4.68 Å². The molecule has 20 heavy (non-hydrogen) atoms. The molecule has 0 spiro atoms. The maximum atomic E-state index is 4.68. The van der Waals surface area contributed by atoms with Crippen LogP contribution >= 0.6 is 0 Å². The van der Waals surface area contributed by atoms with Crippen molar-refractivity contribution in [2.75, 3.05) is 6.54 Å². The molecule has 2 heterocycles. The van der Waals surface area contributed by atoms with Crippen LogP contribution in [-0.2, 0) is 13.0 Å². The van der Waals surface area contributed by atoms with Gasteiger partial charge >= 0.3 is 0 Å². The molecule has 0 atom stereocenters. The summed E-state index contributed by atoms with van der Waals surface area (Å²) >= 11 is 0. The van der Waals surface area contributed by atoms with Crippen LogP contribution in [0.15, 0.2) is 53.5 Å². The van der Waals surface area contributed by atoms with Crippen molar-refractivity contribution in [1.29, 1.82) is 0 Å². The number of hydrogen-bond acceptors (Lipinski definition) is 5. The molecule has 0 unspecified atom stereocenters. The van der Waals surface area contributed by atoms with Crippen molar-refractivity contribution in [3.63, 3.8) is 0 Å². The zero-order valence-corrected chi connectivity index (χ0v) is 10.9. The molecule has 0 saturated carbocycles. The third kappa shape index (κ3) is 3.10. The molecule has 0 saturated heterocycles. The lowest BCUT2D eigenvalue weighted by Gasteiger charge is -2.01. The van der Waals surface area contributed by atoms with E-state index >= 15 is 0 Å². The molecule has 6 heteroatoms. The van der Waals surface area contributed by atoms with E-state index in [2.05, 4.69) is 25.1 Å². The zero-order valence-electron chi connectivity index (χ0n) is 10.9. The number of aromatic nitrogens is 4. The molecular weight excluding hydrogens is 254 g/mol. The number of para-hydroxylation sites is 1. The predicted octanol–water partition coefficient (Wildman–Crippen LogP) is 1.59.